The molecule has 0 bridgehead atoms. The van der Waals surface area contributed by atoms with Crippen molar-refractivity contribution in [3.05, 3.63) is 12.7 Å². The van der Waals surface area contributed by atoms with E-state index in [9.17, 15) is 9.50 Å². The summed E-state index contributed by atoms with van der Waals surface area (Å²) >= 11 is 0. The summed E-state index contributed by atoms with van der Waals surface area (Å²) in [6, 6.07) is 0. The number of ether oxygens (including phenoxy) is 1. The van der Waals surface area contributed by atoms with Crippen molar-refractivity contribution >= 4 is 17.0 Å². The smallest absolute Gasteiger partial charge is 0.174 e. The Balaban J connectivity index is 2.02. The van der Waals surface area contributed by atoms with Gasteiger partial charge in [-0.1, -0.05) is 0 Å². The molecule has 0 aromatic carbocycles. The van der Waals surface area contributed by atoms with Crippen LogP contribution in [0.1, 0.15) is 12.6 Å². The summed E-state index contributed by atoms with van der Waals surface area (Å²) in [5.41, 5.74) is 10.6. The Morgan fingerprint density at radius 2 is 2.18 bits per heavy atom. The number of nitrogens with zero attached hydrogens (tertiary/aromatic N) is 4. The van der Waals surface area contributed by atoms with E-state index in [1.807, 2.05) is 0 Å². The third kappa shape index (κ3) is 2.03. The average Bonchev–Trinajstić information content (AvgIpc) is 3.04. The van der Waals surface area contributed by atoms with Crippen LogP contribution in [0, 0.1) is 0 Å². The van der Waals surface area contributed by atoms with Crippen molar-refractivity contribution in [1.82, 2.24) is 19.5 Å². The number of rotatable bonds is 4. The molecule has 10 heteroatoms. The van der Waals surface area contributed by atoms with E-state index >= 15 is 0 Å². The van der Waals surface area contributed by atoms with Gasteiger partial charge in [-0.3, -0.25) is 4.57 Å². The molecule has 22 heavy (non-hydrogen) atoms. The number of aliphatic hydroxyl groups excluding tert-OH is 2. The first-order valence-corrected chi connectivity index (χ1v) is 6.78. The lowest BCUT2D eigenvalue weighted by molar-refractivity contribution is -0.106. The first kappa shape index (κ1) is 15.0. The van der Waals surface area contributed by atoms with Gasteiger partial charge in [0.1, 0.15) is 23.5 Å². The lowest BCUT2D eigenvalue weighted by atomic mass is 9.92. The summed E-state index contributed by atoms with van der Waals surface area (Å²) in [6.45, 7) is -0.414. The van der Waals surface area contributed by atoms with Crippen molar-refractivity contribution in [2.45, 2.75) is 30.5 Å². The van der Waals surface area contributed by atoms with E-state index in [4.69, 9.17) is 21.3 Å². The summed E-state index contributed by atoms with van der Waals surface area (Å²) in [4.78, 5) is 11.9. The molecule has 120 valence electrons. The van der Waals surface area contributed by atoms with Crippen molar-refractivity contribution in [2.75, 3.05) is 18.9 Å². The van der Waals surface area contributed by atoms with Gasteiger partial charge in [-0.2, -0.15) is 0 Å². The number of nitrogen functional groups attached to an aromatic ring is 1. The fourth-order valence-corrected chi connectivity index (χ4v) is 2.75. The fraction of sp³-hybridized carbons (Fsp3) is 0.583. The summed E-state index contributed by atoms with van der Waals surface area (Å²) in [7, 11) is 0. The second-order valence-electron chi connectivity index (χ2n) is 5.22. The van der Waals surface area contributed by atoms with Crippen LogP contribution >= 0.6 is 0 Å². The van der Waals surface area contributed by atoms with Gasteiger partial charge in [0, 0.05) is 19.6 Å². The quantitative estimate of drug-likeness (QED) is 0.546. The molecule has 0 aliphatic carbocycles. The number of anilines is 1. The summed E-state index contributed by atoms with van der Waals surface area (Å²) in [5.74, 6) is 0.165. The van der Waals surface area contributed by atoms with Crippen LogP contribution in [0.5, 0.6) is 0 Å². The van der Waals surface area contributed by atoms with E-state index in [2.05, 4.69) is 15.0 Å². The molecule has 6 N–H and O–H groups in total. The lowest BCUT2D eigenvalue weighted by Crippen LogP contribution is -2.49. The number of fused-ring (bicyclic) bond motifs is 1. The number of hydrogen-bond acceptors (Lipinski definition) is 8. The molecule has 9 nitrogen and oxygen atoms in total. The van der Waals surface area contributed by atoms with Gasteiger partial charge >= 0.3 is 0 Å². The molecule has 0 radical (unpaired) electrons. The zero-order valence-corrected chi connectivity index (χ0v) is 11.6. The number of halogens is 1. The van der Waals surface area contributed by atoms with Crippen LogP contribution in [-0.4, -0.2) is 60.8 Å². The van der Waals surface area contributed by atoms with Crippen LogP contribution in [0.3, 0.4) is 0 Å². The molecule has 2 aromatic heterocycles. The number of aromatic nitrogens is 4. The molecule has 3 heterocycles. The molecular weight excluding hydrogens is 295 g/mol. The molecule has 1 aliphatic heterocycles. The molecule has 2 aromatic rings. The summed E-state index contributed by atoms with van der Waals surface area (Å²) < 4.78 is 21.6. The number of imidazole rings is 1. The number of nitrogens with two attached hydrogens (primary N) is 2. The van der Waals surface area contributed by atoms with Crippen molar-refractivity contribution in [3.63, 3.8) is 0 Å². The van der Waals surface area contributed by atoms with E-state index in [-0.39, 0.29) is 25.4 Å². The van der Waals surface area contributed by atoms with E-state index in [1.54, 1.807) is 0 Å². The maximum Gasteiger partial charge on any atom is 0.174 e. The molecule has 0 saturated carbocycles. The van der Waals surface area contributed by atoms with Crippen molar-refractivity contribution in [3.8, 4) is 0 Å². The highest BCUT2D eigenvalue weighted by molar-refractivity contribution is 5.81. The number of alkyl halides is 1. The molecule has 0 amide bonds. The predicted octanol–water partition coefficient (Wildman–Crippen LogP) is -1.28. The van der Waals surface area contributed by atoms with Gasteiger partial charge in [-0.05, 0) is 0 Å². The maximum absolute atomic E-state index is 14.5. The van der Waals surface area contributed by atoms with E-state index < -0.39 is 24.1 Å². The molecule has 4 atom stereocenters. The monoisotopic (exact) mass is 312 g/mol. The second-order valence-corrected chi connectivity index (χ2v) is 5.22. The third-order valence-corrected chi connectivity index (χ3v) is 4.01. The van der Waals surface area contributed by atoms with Gasteiger partial charge in [0.05, 0.1) is 6.33 Å². The molecular formula is C12H17FN6O3. The number of aliphatic hydroxyl groups is 2. The average molecular weight is 312 g/mol. The molecule has 0 unspecified atom stereocenters. The van der Waals surface area contributed by atoms with Crippen LogP contribution in [0.15, 0.2) is 12.7 Å². The maximum atomic E-state index is 14.5. The largest absolute Gasteiger partial charge is 0.396 e. The molecule has 3 rings (SSSR count). The molecule has 1 aliphatic rings. The first-order chi connectivity index (χ1) is 10.5. The topological polar surface area (TPSA) is 145 Å². The zero-order valence-electron chi connectivity index (χ0n) is 11.6. The highest BCUT2D eigenvalue weighted by Crippen LogP contribution is 2.41. The Morgan fingerprint density at radius 3 is 2.86 bits per heavy atom. The molecule has 0 spiro atoms. The second kappa shape index (κ2) is 5.39. The van der Waals surface area contributed by atoms with E-state index in [1.165, 1.54) is 17.2 Å². The van der Waals surface area contributed by atoms with E-state index in [0.717, 1.165) is 0 Å². The Hall–Kier alpha value is -1.88. The van der Waals surface area contributed by atoms with Gasteiger partial charge in [-0.15, -0.1) is 0 Å². The van der Waals surface area contributed by atoms with Gasteiger partial charge < -0.3 is 26.4 Å². The Labute approximate surface area is 124 Å². The van der Waals surface area contributed by atoms with Crippen LogP contribution in [0.4, 0.5) is 10.2 Å². The minimum Gasteiger partial charge on any atom is -0.396 e. The fourth-order valence-electron chi connectivity index (χ4n) is 2.75. The summed E-state index contributed by atoms with van der Waals surface area (Å²) in [6.07, 6.45) is -1.80. The zero-order chi connectivity index (χ0) is 15.9. The van der Waals surface area contributed by atoms with Gasteiger partial charge in [0.25, 0.3) is 0 Å². The molecule has 1 saturated heterocycles. The van der Waals surface area contributed by atoms with Crippen molar-refractivity contribution < 1.29 is 19.3 Å². The highest BCUT2D eigenvalue weighted by atomic mass is 19.1. The number of hydrogen-bond donors (Lipinski definition) is 4. The van der Waals surface area contributed by atoms with Gasteiger partial charge in [0.2, 0.25) is 0 Å². The third-order valence-electron chi connectivity index (χ3n) is 4.01. The van der Waals surface area contributed by atoms with Gasteiger partial charge in [-0.25, -0.2) is 19.3 Å². The first-order valence-electron chi connectivity index (χ1n) is 6.78. The minimum atomic E-state index is -1.75. The summed E-state index contributed by atoms with van der Waals surface area (Å²) in [5, 5.41) is 19.3. The van der Waals surface area contributed by atoms with Crippen LogP contribution in [0.25, 0.3) is 11.2 Å². The SMILES string of the molecule is NC[C@]1(CCO)O[C@@H](n2cnc3c(N)ncnc32)[C@H](F)[C@@H]1O. The standard InChI is InChI=1S/C12H17FN6O3/c13-6-8(21)12(3-14,1-2-20)22-11(6)19-5-18-7-9(15)16-4-17-10(7)19/h4-6,8,11,20-21H,1-3,14H2,(H2,15,16,17)/t6-,8+,11-,12+/m1/s1. The normalized spacial score (nSPS) is 31.9. The van der Waals surface area contributed by atoms with Crippen LogP contribution < -0.4 is 11.5 Å². The van der Waals surface area contributed by atoms with Crippen molar-refractivity contribution in [2.24, 2.45) is 5.73 Å². The molecule has 1 fully saturated rings. The predicted molar refractivity (Wildman–Crippen MR) is 74.2 cm³/mol. The van der Waals surface area contributed by atoms with Crippen LogP contribution in [-0.2, 0) is 4.74 Å². The Morgan fingerprint density at radius 1 is 1.41 bits per heavy atom. The highest BCUT2D eigenvalue weighted by Gasteiger charge is 2.55. The van der Waals surface area contributed by atoms with Crippen LogP contribution in [0.2, 0.25) is 0 Å². The lowest BCUT2D eigenvalue weighted by Gasteiger charge is -2.29. The van der Waals surface area contributed by atoms with Crippen molar-refractivity contribution in [1.29, 1.82) is 0 Å². The minimum absolute atomic E-state index is 0.0192. The van der Waals surface area contributed by atoms with E-state index in [0.29, 0.717) is 11.2 Å². The Kier molecular flexibility index (Phi) is 3.68. The van der Waals surface area contributed by atoms with Gasteiger partial charge in [0.15, 0.2) is 23.9 Å². The Bertz CT molecular complexity index is 682.